The Bertz CT molecular complexity index is 156. The first-order valence-electron chi connectivity index (χ1n) is 5.48. The summed E-state index contributed by atoms with van der Waals surface area (Å²) >= 11 is 0. The van der Waals surface area contributed by atoms with Gasteiger partial charge in [-0.1, -0.05) is 19.8 Å². The van der Waals surface area contributed by atoms with E-state index >= 15 is 0 Å². The molecule has 0 aromatic heterocycles. The Balaban J connectivity index is 2.36. The van der Waals surface area contributed by atoms with Gasteiger partial charge in [-0.25, -0.2) is 0 Å². The molecule has 2 N–H and O–H groups in total. The molecule has 0 radical (unpaired) electrons. The van der Waals surface area contributed by atoms with E-state index in [2.05, 4.69) is 26.1 Å². The van der Waals surface area contributed by atoms with Crippen LogP contribution in [0.1, 0.15) is 46.5 Å². The summed E-state index contributed by atoms with van der Waals surface area (Å²) in [6, 6.07) is 0.510. The number of aliphatic hydroxyl groups excluding tert-OH is 1. The molecule has 0 spiro atoms. The second kappa shape index (κ2) is 4.43. The van der Waals surface area contributed by atoms with Crippen LogP contribution in [0.2, 0.25) is 0 Å². The van der Waals surface area contributed by atoms with Crippen LogP contribution in [0.3, 0.4) is 0 Å². The number of nitrogens with one attached hydrogen (secondary N) is 1. The molecule has 0 aromatic rings. The van der Waals surface area contributed by atoms with Crippen molar-refractivity contribution >= 4 is 0 Å². The second-order valence-corrected chi connectivity index (χ2v) is 4.82. The van der Waals surface area contributed by atoms with E-state index in [9.17, 15) is 5.11 Å². The molecule has 13 heavy (non-hydrogen) atoms. The minimum Gasteiger partial charge on any atom is -0.394 e. The average Bonchev–Trinajstić information content (AvgIpc) is 2.88. The average molecular weight is 185 g/mol. The number of hydrogen-bond acceptors (Lipinski definition) is 2. The molecular formula is C11H23NO. The Morgan fingerprint density at radius 3 is 2.54 bits per heavy atom. The summed E-state index contributed by atoms with van der Waals surface area (Å²) in [6.07, 6.45) is 4.98. The van der Waals surface area contributed by atoms with E-state index < -0.39 is 0 Å². The number of rotatable bonds is 6. The maximum absolute atomic E-state index is 9.34. The zero-order chi connectivity index (χ0) is 9.90. The van der Waals surface area contributed by atoms with Gasteiger partial charge in [-0.3, -0.25) is 0 Å². The van der Waals surface area contributed by atoms with Crippen molar-refractivity contribution in [3.8, 4) is 0 Å². The van der Waals surface area contributed by atoms with Crippen LogP contribution in [0.15, 0.2) is 0 Å². The molecular weight excluding hydrogens is 162 g/mol. The standard InChI is InChI=1S/C11H23NO/c1-4-9(2)12-11(3,8-13)7-10-5-6-10/h9-10,12-13H,4-8H2,1-3H3. The molecule has 1 fully saturated rings. The summed E-state index contributed by atoms with van der Waals surface area (Å²) in [5, 5.41) is 12.9. The first-order chi connectivity index (χ1) is 6.09. The summed E-state index contributed by atoms with van der Waals surface area (Å²) in [6.45, 7) is 6.75. The van der Waals surface area contributed by atoms with Crippen molar-refractivity contribution in [2.45, 2.75) is 58.0 Å². The number of aliphatic hydroxyl groups is 1. The molecule has 2 atom stereocenters. The van der Waals surface area contributed by atoms with Crippen LogP contribution >= 0.6 is 0 Å². The third-order valence-corrected chi connectivity index (χ3v) is 2.99. The molecule has 0 bridgehead atoms. The predicted octanol–water partition coefficient (Wildman–Crippen LogP) is 1.93. The highest BCUT2D eigenvalue weighted by Crippen LogP contribution is 2.36. The summed E-state index contributed by atoms with van der Waals surface area (Å²) in [7, 11) is 0. The van der Waals surface area contributed by atoms with E-state index in [-0.39, 0.29) is 12.1 Å². The molecule has 0 aliphatic heterocycles. The summed E-state index contributed by atoms with van der Waals surface area (Å²) in [5.41, 5.74) is -0.0450. The van der Waals surface area contributed by atoms with Crippen molar-refractivity contribution in [3.63, 3.8) is 0 Å². The van der Waals surface area contributed by atoms with E-state index in [0.29, 0.717) is 6.04 Å². The molecule has 1 saturated carbocycles. The third-order valence-electron chi connectivity index (χ3n) is 2.99. The van der Waals surface area contributed by atoms with Gasteiger partial charge in [-0.15, -0.1) is 0 Å². The van der Waals surface area contributed by atoms with Crippen LogP contribution in [-0.2, 0) is 0 Å². The molecule has 2 heteroatoms. The quantitative estimate of drug-likeness (QED) is 0.662. The lowest BCUT2D eigenvalue weighted by atomic mass is 9.94. The normalized spacial score (nSPS) is 24.0. The van der Waals surface area contributed by atoms with E-state index in [1.807, 2.05) is 0 Å². The van der Waals surface area contributed by atoms with E-state index in [1.165, 1.54) is 12.8 Å². The fourth-order valence-corrected chi connectivity index (χ4v) is 1.83. The molecule has 78 valence electrons. The van der Waals surface area contributed by atoms with Crippen molar-refractivity contribution in [1.29, 1.82) is 0 Å². The van der Waals surface area contributed by atoms with Crippen molar-refractivity contribution in [3.05, 3.63) is 0 Å². The lowest BCUT2D eigenvalue weighted by Gasteiger charge is -2.32. The molecule has 0 amide bonds. The van der Waals surface area contributed by atoms with Crippen LogP contribution in [-0.4, -0.2) is 23.3 Å². The van der Waals surface area contributed by atoms with Gasteiger partial charge in [0.2, 0.25) is 0 Å². The Hall–Kier alpha value is -0.0800. The highest BCUT2D eigenvalue weighted by atomic mass is 16.3. The zero-order valence-corrected chi connectivity index (χ0v) is 9.14. The first-order valence-corrected chi connectivity index (χ1v) is 5.48. The van der Waals surface area contributed by atoms with Crippen molar-refractivity contribution < 1.29 is 5.11 Å². The third kappa shape index (κ3) is 3.65. The minimum absolute atomic E-state index is 0.0450. The maximum atomic E-state index is 9.34. The minimum atomic E-state index is -0.0450. The van der Waals surface area contributed by atoms with Gasteiger partial charge in [0, 0.05) is 11.6 Å². The molecule has 1 aliphatic rings. The van der Waals surface area contributed by atoms with Crippen molar-refractivity contribution in [1.82, 2.24) is 5.32 Å². The van der Waals surface area contributed by atoms with Gasteiger partial charge in [0.1, 0.15) is 0 Å². The van der Waals surface area contributed by atoms with Crippen molar-refractivity contribution in [2.75, 3.05) is 6.61 Å². The lowest BCUT2D eigenvalue weighted by Crippen LogP contribution is -2.50. The maximum Gasteiger partial charge on any atom is 0.0610 e. The van der Waals surface area contributed by atoms with Crippen LogP contribution in [0.5, 0.6) is 0 Å². The summed E-state index contributed by atoms with van der Waals surface area (Å²) < 4.78 is 0. The van der Waals surface area contributed by atoms with Crippen LogP contribution in [0.4, 0.5) is 0 Å². The predicted molar refractivity (Wildman–Crippen MR) is 55.7 cm³/mol. The van der Waals surface area contributed by atoms with Gasteiger partial charge in [-0.05, 0) is 32.6 Å². The summed E-state index contributed by atoms with van der Waals surface area (Å²) in [4.78, 5) is 0. The Kier molecular flexibility index (Phi) is 3.74. The SMILES string of the molecule is CCC(C)NC(C)(CO)CC1CC1. The van der Waals surface area contributed by atoms with E-state index in [1.54, 1.807) is 0 Å². The van der Waals surface area contributed by atoms with Gasteiger partial charge in [0.05, 0.1) is 6.61 Å². The fraction of sp³-hybridized carbons (Fsp3) is 1.00. The molecule has 0 aromatic carbocycles. The number of hydrogen-bond donors (Lipinski definition) is 2. The van der Waals surface area contributed by atoms with Crippen molar-refractivity contribution in [2.24, 2.45) is 5.92 Å². The van der Waals surface area contributed by atoms with Crippen LogP contribution in [0.25, 0.3) is 0 Å². The Morgan fingerprint density at radius 2 is 2.15 bits per heavy atom. The molecule has 0 saturated heterocycles. The van der Waals surface area contributed by atoms with Crippen LogP contribution < -0.4 is 5.32 Å². The molecule has 2 unspecified atom stereocenters. The summed E-state index contributed by atoms with van der Waals surface area (Å²) in [5.74, 6) is 0.869. The lowest BCUT2D eigenvalue weighted by molar-refractivity contribution is 0.148. The topological polar surface area (TPSA) is 32.3 Å². The smallest absolute Gasteiger partial charge is 0.0610 e. The Morgan fingerprint density at radius 1 is 1.54 bits per heavy atom. The van der Waals surface area contributed by atoms with Gasteiger partial charge in [-0.2, -0.15) is 0 Å². The zero-order valence-electron chi connectivity index (χ0n) is 9.14. The van der Waals surface area contributed by atoms with Gasteiger partial charge in [0.15, 0.2) is 0 Å². The molecule has 0 heterocycles. The molecule has 1 aliphatic carbocycles. The van der Waals surface area contributed by atoms with Gasteiger partial charge in [0.25, 0.3) is 0 Å². The second-order valence-electron chi connectivity index (χ2n) is 4.82. The Labute approximate surface area is 81.7 Å². The highest BCUT2D eigenvalue weighted by Gasteiger charge is 2.33. The highest BCUT2D eigenvalue weighted by molar-refractivity contribution is 4.90. The molecule has 2 nitrogen and oxygen atoms in total. The van der Waals surface area contributed by atoms with Gasteiger partial charge >= 0.3 is 0 Å². The van der Waals surface area contributed by atoms with E-state index in [4.69, 9.17) is 0 Å². The van der Waals surface area contributed by atoms with E-state index in [0.717, 1.165) is 18.8 Å². The fourth-order valence-electron chi connectivity index (χ4n) is 1.83. The first kappa shape index (κ1) is 11.0. The monoisotopic (exact) mass is 185 g/mol. The largest absolute Gasteiger partial charge is 0.394 e. The molecule has 1 rings (SSSR count). The van der Waals surface area contributed by atoms with Crippen LogP contribution in [0, 0.1) is 5.92 Å². The van der Waals surface area contributed by atoms with Gasteiger partial charge < -0.3 is 10.4 Å².